The summed E-state index contributed by atoms with van der Waals surface area (Å²) in [6, 6.07) is 6.51. The van der Waals surface area contributed by atoms with E-state index in [0.717, 1.165) is 11.3 Å². The number of carboxylic acids is 1. The molecular formula is C10H6F2O2S. The third kappa shape index (κ3) is 1.59. The molecule has 1 aromatic carbocycles. The van der Waals surface area contributed by atoms with Gasteiger partial charge in [-0.2, -0.15) is 0 Å². The van der Waals surface area contributed by atoms with Gasteiger partial charge in [0.05, 0.1) is 10.4 Å². The molecule has 5 heteroatoms. The zero-order chi connectivity index (χ0) is 11.0. The Bertz CT molecular complexity index is 519. The first-order chi connectivity index (χ1) is 7.11. The highest BCUT2D eigenvalue weighted by Gasteiger charge is 2.23. The van der Waals surface area contributed by atoms with Gasteiger partial charge >= 0.3 is 5.97 Å². The van der Waals surface area contributed by atoms with Crippen LogP contribution in [-0.2, 0) is 0 Å². The fourth-order valence-corrected chi connectivity index (χ4v) is 2.49. The quantitative estimate of drug-likeness (QED) is 0.853. The molecule has 2 aromatic rings. The van der Waals surface area contributed by atoms with Crippen LogP contribution in [0.3, 0.4) is 0 Å². The van der Waals surface area contributed by atoms with Crippen LogP contribution >= 0.6 is 11.3 Å². The van der Waals surface area contributed by atoms with Crippen molar-refractivity contribution in [1.82, 2.24) is 0 Å². The molecule has 1 aromatic heterocycles. The van der Waals surface area contributed by atoms with Crippen LogP contribution in [0.25, 0.3) is 10.1 Å². The Labute approximate surface area is 87.8 Å². The number of thiophene rings is 1. The van der Waals surface area contributed by atoms with Gasteiger partial charge in [-0.1, -0.05) is 18.2 Å². The summed E-state index contributed by atoms with van der Waals surface area (Å²) < 4.78 is 25.7. The molecule has 1 heterocycles. The molecule has 0 aliphatic rings. The van der Waals surface area contributed by atoms with Crippen molar-refractivity contribution in [3.05, 3.63) is 34.7 Å². The summed E-state index contributed by atoms with van der Waals surface area (Å²) in [4.78, 5) is 10.5. The largest absolute Gasteiger partial charge is 0.478 e. The minimum atomic E-state index is -2.74. The smallest absolute Gasteiger partial charge is 0.337 e. The van der Waals surface area contributed by atoms with Crippen molar-refractivity contribution >= 4 is 27.4 Å². The Morgan fingerprint density at radius 3 is 2.60 bits per heavy atom. The normalized spacial score (nSPS) is 11.1. The molecule has 2 rings (SSSR count). The summed E-state index contributed by atoms with van der Waals surface area (Å²) in [5.74, 6) is -1.30. The van der Waals surface area contributed by atoms with Gasteiger partial charge in [-0.3, -0.25) is 0 Å². The van der Waals surface area contributed by atoms with E-state index in [1.54, 1.807) is 24.3 Å². The Morgan fingerprint density at radius 1 is 1.33 bits per heavy atom. The Morgan fingerprint density at radius 2 is 2.00 bits per heavy atom. The maximum absolute atomic E-state index is 12.6. The zero-order valence-corrected chi connectivity index (χ0v) is 8.22. The van der Waals surface area contributed by atoms with E-state index in [0.29, 0.717) is 10.1 Å². The van der Waals surface area contributed by atoms with E-state index in [1.807, 2.05) is 0 Å². The van der Waals surface area contributed by atoms with Crippen molar-refractivity contribution in [2.75, 3.05) is 0 Å². The number of hydrogen-bond acceptors (Lipinski definition) is 2. The predicted molar refractivity (Wildman–Crippen MR) is 53.7 cm³/mol. The van der Waals surface area contributed by atoms with Crippen LogP contribution in [-0.4, -0.2) is 11.1 Å². The maximum Gasteiger partial charge on any atom is 0.337 e. The first kappa shape index (κ1) is 10.0. The van der Waals surface area contributed by atoms with Crippen molar-refractivity contribution in [2.45, 2.75) is 6.43 Å². The van der Waals surface area contributed by atoms with E-state index in [-0.39, 0.29) is 10.4 Å². The number of fused-ring (bicyclic) bond motifs is 1. The van der Waals surface area contributed by atoms with E-state index >= 15 is 0 Å². The molecular weight excluding hydrogens is 222 g/mol. The van der Waals surface area contributed by atoms with Gasteiger partial charge in [-0.25, -0.2) is 13.6 Å². The molecule has 0 saturated carbocycles. The summed E-state index contributed by atoms with van der Waals surface area (Å²) >= 11 is 0.829. The van der Waals surface area contributed by atoms with Crippen molar-refractivity contribution in [2.24, 2.45) is 0 Å². The maximum atomic E-state index is 12.6. The minimum Gasteiger partial charge on any atom is -0.478 e. The molecule has 0 unspecified atom stereocenters. The molecule has 0 fully saturated rings. The van der Waals surface area contributed by atoms with Gasteiger partial charge in [-0.15, -0.1) is 11.3 Å². The molecule has 0 bridgehead atoms. The highest BCUT2D eigenvalue weighted by Crippen LogP contribution is 2.37. The van der Waals surface area contributed by atoms with Crippen LogP contribution in [0.15, 0.2) is 24.3 Å². The van der Waals surface area contributed by atoms with E-state index < -0.39 is 12.4 Å². The molecule has 1 N–H and O–H groups in total. The van der Waals surface area contributed by atoms with Crippen LogP contribution in [0.1, 0.15) is 21.7 Å². The molecule has 0 aliphatic heterocycles. The molecule has 0 saturated heterocycles. The van der Waals surface area contributed by atoms with Gasteiger partial charge in [0.1, 0.15) is 0 Å². The standard InChI is InChI=1S/C10H6F2O2S/c11-9(12)8-7(10(13)14)5-3-1-2-4-6(5)15-8/h1-4,9H,(H,13,14). The molecule has 0 amide bonds. The summed E-state index contributed by atoms with van der Waals surface area (Å²) in [5, 5.41) is 9.25. The number of carboxylic acid groups (broad SMARTS) is 1. The Balaban J connectivity index is 2.80. The third-order valence-electron chi connectivity index (χ3n) is 2.03. The fourth-order valence-electron chi connectivity index (χ4n) is 1.44. The Hall–Kier alpha value is -1.49. The SMILES string of the molecule is O=C(O)c1c(C(F)F)sc2ccccc12. The van der Waals surface area contributed by atoms with E-state index in [4.69, 9.17) is 5.11 Å². The summed E-state index contributed by atoms with van der Waals surface area (Å²) in [7, 11) is 0. The van der Waals surface area contributed by atoms with Gasteiger partial charge in [-0.05, 0) is 6.07 Å². The number of alkyl halides is 2. The number of carbonyl (C=O) groups is 1. The van der Waals surface area contributed by atoms with Crippen molar-refractivity contribution in [3.8, 4) is 0 Å². The first-order valence-electron chi connectivity index (χ1n) is 4.14. The molecule has 0 spiro atoms. The number of benzene rings is 1. The van der Waals surface area contributed by atoms with Crippen LogP contribution in [0, 0.1) is 0 Å². The lowest BCUT2D eigenvalue weighted by molar-refractivity contribution is 0.0689. The van der Waals surface area contributed by atoms with E-state index in [9.17, 15) is 13.6 Å². The molecule has 15 heavy (non-hydrogen) atoms. The highest BCUT2D eigenvalue weighted by atomic mass is 32.1. The first-order valence-corrected chi connectivity index (χ1v) is 4.95. The van der Waals surface area contributed by atoms with Crippen LogP contribution < -0.4 is 0 Å². The van der Waals surface area contributed by atoms with E-state index in [2.05, 4.69) is 0 Å². The van der Waals surface area contributed by atoms with Crippen LogP contribution in [0.4, 0.5) is 8.78 Å². The second-order valence-electron chi connectivity index (χ2n) is 2.94. The van der Waals surface area contributed by atoms with Crippen LogP contribution in [0.2, 0.25) is 0 Å². The molecule has 0 aliphatic carbocycles. The highest BCUT2D eigenvalue weighted by molar-refractivity contribution is 7.19. The van der Waals surface area contributed by atoms with Gasteiger partial charge in [0.15, 0.2) is 0 Å². The third-order valence-corrected chi connectivity index (χ3v) is 3.21. The summed E-state index contributed by atoms with van der Waals surface area (Å²) in [6.07, 6.45) is -2.74. The monoisotopic (exact) mass is 228 g/mol. The number of rotatable bonds is 2. The van der Waals surface area contributed by atoms with E-state index in [1.165, 1.54) is 0 Å². The average Bonchev–Trinajstić information content (AvgIpc) is 2.56. The molecule has 0 atom stereocenters. The topological polar surface area (TPSA) is 37.3 Å². The van der Waals surface area contributed by atoms with Crippen molar-refractivity contribution in [1.29, 1.82) is 0 Å². The molecule has 78 valence electrons. The van der Waals surface area contributed by atoms with Crippen molar-refractivity contribution in [3.63, 3.8) is 0 Å². The lowest BCUT2D eigenvalue weighted by atomic mass is 10.1. The fraction of sp³-hybridized carbons (Fsp3) is 0.100. The molecule has 0 radical (unpaired) electrons. The minimum absolute atomic E-state index is 0.273. The van der Waals surface area contributed by atoms with Gasteiger partial charge in [0, 0.05) is 10.1 Å². The Kier molecular flexibility index (Phi) is 2.40. The average molecular weight is 228 g/mol. The van der Waals surface area contributed by atoms with Gasteiger partial charge in [0.25, 0.3) is 6.43 Å². The molecule has 2 nitrogen and oxygen atoms in total. The second kappa shape index (κ2) is 3.58. The lowest BCUT2D eigenvalue weighted by Crippen LogP contribution is -1.99. The zero-order valence-electron chi connectivity index (χ0n) is 7.41. The summed E-state index contributed by atoms with van der Waals surface area (Å²) in [6.45, 7) is 0. The second-order valence-corrected chi connectivity index (χ2v) is 4.03. The van der Waals surface area contributed by atoms with Crippen molar-refractivity contribution < 1.29 is 18.7 Å². The van der Waals surface area contributed by atoms with Crippen LogP contribution in [0.5, 0.6) is 0 Å². The predicted octanol–water partition coefficient (Wildman–Crippen LogP) is 3.54. The number of aromatic carboxylic acids is 1. The lowest BCUT2D eigenvalue weighted by Gasteiger charge is -1.96. The summed E-state index contributed by atoms with van der Waals surface area (Å²) in [5.41, 5.74) is -0.273. The number of hydrogen-bond donors (Lipinski definition) is 1. The number of halogens is 2. The van der Waals surface area contributed by atoms with Gasteiger partial charge < -0.3 is 5.11 Å². The van der Waals surface area contributed by atoms with Gasteiger partial charge in [0.2, 0.25) is 0 Å².